The summed E-state index contributed by atoms with van der Waals surface area (Å²) in [6.45, 7) is 5.87. The Morgan fingerprint density at radius 1 is 1.04 bits per heavy atom. The maximum absolute atomic E-state index is 13.2. The number of hydrogen-bond acceptors (Lipinski definition) is 10. The number of benzene rings is 3. The summed E-state index contributed by atoms with van der Waals surface area (Å²) in [5, 5.41) is 20.2. The van der Waals surface area contributed by atoms with Gasteiger partial charge in [-0.15, -0.1) is 0 Å². The minimum atomic E-state index is -1.21. The van der Waals surface area contributed by atoms with Crippen LogP contribution in [0, 0.1) is 5.82 Å². The van der Waals surface area contributed by atoms with E-state index in [9.17, 15) is 19.1 Å². The first-order chi connectivity index (χ1) is 22.6. The maximum Gasteiger partial charge on any atom is 0.337 e. The van der Waals surface area contributed by atoms with Gasteiger partial charge in [-0.2, -0.15) is 5.10 Å². The number of amides is 2. The van der Waals surface area contributed by atoms with E-state index in [1.807, 2.05) is 6.92 Å². The van der Waals surface area contributed by atoms with Crippen LogP contribution in [0.4, 0.5) is 9.18 Å². The lowest BCUT2D eigenvalue weighted by Crippen LogP contribution is -2.45. The van der Waals surface area contributed by atoms with Crippen LogP contribution in [0.2, 0.25) is 5.02 Å². The fourth-order valence-corrected chi connectivity index (χ4v) is 4.90. The van der Waals surface area contributed by atoms with E-state index in [1.54, 1.807) is 56.3 Å². The Bertz CT molecular complexity index is 1630. The van der Waals surface area contributed by atoms with Crippen LogP contribution < -0.4 is 35.0 Å². The number of nitrogens with zero attached hydrogens (tertiary/aromatic N) is 1. The average Bonchev–Trinajstić information content (AvgIpc) is 3.04. The first kappa shape index (κ1) is 34.9. The molecule has 4 N–H and O–H groups in total. The van der Waals surface area contributed by atoms with Crippen molar-refractivity contribution in [2.45, 2.75) is 39.6 Å². The van der Waals surface area contributed by atoms with E-state index >= 15 is 0 Å². The topological polar surface area (TPSA) is 149 Å². The van der Waals surface area contributed by atoms with E-state index in [1.165, 1.54) is 25.5 Å². The molecule has 2 amide bonds. The molecule has 250 valence electrons. The lowest BCUT2D eigenvalue weighted by molar-refractivity contribution is -0.136. The van der Waals surface area contributed by atoms with Crippen LogP contribution in [0.5, 0.6) is 23.0 Å². The average molecular weight is 671 g/mol. The Labute approximate surface area is 276 Å². The van der Waals surface area contributed by atoms with E-state index in [0.29, 0.717) is 53.0 Å². The van der Waals surface area contributed by atoms with Gasteiger partial charge in [-0.3, -0.25) is 5.43 Å². The lowest BCUT2D eigenvalue weighted by atomic mass is 9.95. The van der Waals surface area contributed by atoms with Crippen molar-refractivity contribution < 1.29 is 42.8 Å². The zero-order chi connectivity index (χ0) is 33.9. The molecule has 0 aliphatic carbocycles. The highest BCUT2D eigenvalue weighted by atomic mass is 35.5. The number of esters is 1. The van der Waals surface area contributed by atoms with Crippen molar-refractivity contribution >= 4 is 29.8 Å². The molecule has 47 heavy (non-hydrogen) atoms. The second-order valence-electron chi connectivity index (χ2n) is 10.1. The van der Waals surface area contributed by atoms with Gasteiger partial charge in [0.05, 0.1) is 43.2 Å². The van der Waals surface area contributed by atoms with Crippen molar-refractivity contribution in [2.75, 3.05) is 26.9 Å². The third kappa shape index (κ3) is 9.27. The second kappa shape index (κ2) is 16.5. The number of ether oxygens (including phenoxy) is 5. The van der Waals surface area contributed by atoms with Gasteiger partial charge in [0.2, 0.25) is 0 Å². The number of hydrazone groups is 1. The number of aliphatic hydroxyl groups excluding tert-OH is 1. The molecule has 2 atom stereocenters. The molecule has 0 bridgehead atoms. The number of aliphatic hydroxyl groups is 1. The second-order valence-corrected chi connectivity index (χ2v) is 10.5. The van der Waals surface area contributed by atoms with Gasteiger partial charge in [-0.05, 0) is 73.9 Å². The molecule has 0 unspecified atom stereocenters. The SMILES string of the molecule is CCOc1cc([C@@H]2NC(=O)NC(C)=C2C(=O)OC)ccc1OC[C@@H](O)N/N=C\c1cc(Cl)c(OCc2ccc(F)cc2)c(OCC)c1. The Morgan fingerprint density at radius 2 is 1.77 bits per heavy atom. The fraction of sp³-hybridized carbons (Fsp3) is 0.303. The zero-order valence-corrected chi connectivity index (χ0v) is 27.0. The molecule has 14 heteroatoms. The predicted octanol–water partition coefficient (Wildman–Crippen LogP) is 4.98. The van der Waals surface area contributed by atoms with Gasteiger partial charge < -0.3 is 39.4 Å². The predicted molar refractivity (Wildman–Crippen MR) is 172 cm³/mol. The van der Waals surface area contributed by atoms with E-state index < -0.39 is 24.3 Å². The molecule has 0 aromatic heterocycles. The van der Waals surface area contributed by atoms with Crippen molar-refractivity contribution in [2.24, 2.45) is 5.10 Å². The van der Waals surface area contributed by atoms with Gasteiger partial charge in [0.1, 0.15) is 19.0 Å². The molecular weight excluding hydrogens is 635 g/mol. The van der Waals surface area contributed by atoms with Gasteiger partial charge >= 0.3 is 12.0 Å². The van der Waals surface area contributed by atoms with Crippen LogP contribution in [0.25, 0.3) is 0 Å². The number of carbonyl (C=O) groups is 2. The summed E-state index contributed by atoms with van der Waals surface area (Å²) >= 11 is 6.49. The number of urea groups is 1. The Morgan fingerprint density at radius 3 is 2.47 bits per heavy atom. The van der Waals surface area contributed by atoms with Crippen molar-refractivity contribution in [3.05, 3.63) is 93.4 Å². The fourth-order valence-electron chi connectivity index (χ4n) is 4.62. The highest BCUT2D eigenvalue weighted by molar-refractivity contribution is 6.32. The molecule has 1 heterocycles. The number of carbonyl (C=O) groups excluding carboxylic acids is 2. The van der Waals surface area contributed by atoms with Gasteiger partial charge in [-0.1, -0.05) is 29.8 Å². The quantitative estimate of drug-likeness (QED) is 0.0761. The molecule has 1 aliphatic heterocycles. The van der Waals surface area contributed by atoms with E-state index in [0.717, 1.165) is 5.56 Å². The molecule has 1 aliphatic rings. The van der Waals surface area contributed by atoms with Crippen molar-refractivity contribution in [1.29, 1.82) is 0 Å². The number of halogens is 2. The summed E-state index contributed by atoms with van der Waals surface area (Å²) in [5.41, 5.74) is 5.11. The molecule has 0 fully saturated rings. The summed E-state index contributed by atoms with van der Waals surface area (Å²) in [6, 6.07) is 13.0. The van der Waals surface area contributed by atoms with E-state index in [2.05, 4.69) is 21.2 Å². The smallest absolute Gasteiger partial charge is 0.337 e. The van der Waals surface area contributed by atoms with Crippen LogP contribution in [0.15, 0.2) is 71.0 Å². The van der Waals surface area contributed by atoms with Crippen LogP contribution in [-0.4, -0.2) is 56.5 Å². The monoisotopic (exact) mass is 670 g/mol. The van der Waals surface area contributed by atoms with Gasteiger partial charge in [0, 0.05) is 5.70 Å². The van der Waals surface area contributed by atoms with E-state index in [4.69, 9.17) is 35.3 Å². The Kier molecular flexibility index (Phi) is 12.3. The van der Waals surface area contributed by atoms with Gasteiger partial charge in [-0.25, -0.2) is 14.0 Å². The van der Waals surface area contributed by atoms with E-state index in [-0.39, 0.29) is 29.6 Å². The largest absolute Gasteiger partial charge is 0.490 e. The summed E-state index contributed by atoms with van der Waals surface area (Å²) in [7, 11) is 1.26. The molecule has 12 nitrogen and oxygen atoms in total. The third-order valence-electron chi connectivity index (χ3n) is 6.74. The molecule has 3 aromatic carbocycles. The third-order valence-corrected chi connectivity index (χ3v) is 7.02. The molecule has 0 saturated carbocycles. The highest BCUT2D eigenvalue weighted by Crippen LogP contribution is 2.37. The first-order valence-electron chi connectivity index (χ1n) is 14.7. The van der Waals surface area contributed by atoms with Crippen LogP contribution in [0.1, 0.15) is 43.5 Å². The normalized spacial score (nSPS) is 15.0. The number of methoxy groups -OCH3 is 1. The van der Waals surface area contributed by atoms with Crippen molar-refractivity contribution in [1.82, 2.24) is 16.1 Å². The summed E-state index contributed by atoms with van der Waals surface area (Å²) in [4.78, 5) is 24.6. The van der Waals surface area contributed by atoms with Crippen LogP contribution in [-0.2, 0) is 16.1 Å². The molecule has 0 radical (unpaired) electrons. The summed E-state index contributed by atoms with van der Waals surface area (Å²) in [5.74, 6) is 0.473. The van der Waals surface area contributed by atoms with Gasteiger partial charge in [0.25, 0.3) is 0 Å². The standard InChI is InChI=1S/C33H36ClFN4O8/c1-5-44-26-15-22(30-29(32(41)43-4)19(3)37-33(42)38-30)9-12-25(26)46-18-28(40)39-36-16-21-13-24(34)31(27(14-21)45-6-2)47-17-20-7-10-23(35)11-8-20/h7-16,28,30,39-40H,5-6,17-18H2,1-4H3,(H2,37,38,42)/b36-16-/t28-,30+/m1/s1. The summed E-state index contributed by atoms with van der Waals surface area (Å²) in [6.07, 6.45) is 0.240. The maximum atomic E-state index is 13.2. The summed E-state index contributed by atoms with van der Waals surface area (Å²) < 4.78 is 41.3. The Balaban J connectivity index is 1.40. The van der Waals surface area contributed by atoms with Crippen molar-refractivity contribution in [3.63, 3.8) is 0 Å². The molecule has 0 saturated heterocycles. The molecule has 4 rings (SSSR count). The number of rotatable bonds is 15. The lowest BCUT2D eigenvalue weighted by Gasteiger charge is -2.28. The molecular formula is C33H36ClFN4O8. The zero-order valence-electron chi connectivity index (χ0n) is 26.3. The first-order valence-corrected chi connectivity index (χ1v) is 15.1. The minimum Gasteiger partial charge on any atom is -0.490 e. The van der Waals surface area contributed by atoms with Crippen LogP contribution in [0.3, 0.4) is 0 Å². The number of allylic oxidation sites excluding steroid dienone is 1. The Hall–Kier alpha value is -5.01. The number of hydrogen-bond donors (Lipinski definition) is 4. The van der Waals surface area contributed by atoms with Gasteiger partial charge in [0.15, 0.2) is 29.2 Å². The minimum absolute atomic E-state index is 0.162. The number of nitrogens with one attached hydrogen (secondary N) is 3. The van der Waals surface area contributed by atoms with Crippen LogP contribution >= 0.6 is 11.6 Å². The molecule has 0 spiro atoms. The van der Waals surface area contributed by atoms with Crippen molar-refractivity contribution in [3.8, 4) is 23.0 Å². The molecule has 3 aromatic rings. The highest BCUT2D eigenvalue weighted by Gasteiger charge is 2.32.